The molecule has 8 heteroatoms. The van der Waals surface area contributed by atoms with E-state index in [0.717, 1.165) is 12.1 Å². The van der Waals surface area contributed by atoms with Gasteiger partial charge in [-0.2, -0.15) is 0 Å². The second kappa shape index (κ2) is 5.37. The van der Waals surface area contributed by atoms with Gasteiger partial charge in [0.15, 0.2) is 6.10 Å². The van der Waals surface area contributed by atoms with Crippen LogP contribution in [0, 0.1) is 0 Å². The molecule has 0 aromatic heterocycles. The number of hydrogen-bond donors (Lipinski definition) is 1. The molecule has 17 heavy (non-hydrogen) atoms. The first-order chi connectivity index (χ1) is 7.86. The van der Waals surface area contributed by atoms with Gasteiger partial charge in [0.05, 0.1) is 0 Å². The highest BCUT2D eigenvalue weighted by Crippen LogP contribution is 2.24. The summed E-state index contributed by atoms with van der Waals surface area (Å²) in [5.41, 5.74) is 0. The highest BCUT2D eigenvalue weighted by molar-refractivity contribution is 7.89. The lowest BCUT2D eigenvalue weighted by Gasteiger charge is -2.16. The maximum atomic E-state index is 12.3. The molecule has 0 heterocycles. The summed E-state index contributed by atoms with van der Waals surface area (Å²) in [4.78, 5) is -0.459. The van der Waals surface area contributed by atoms with Crippen molar-refractivity contribution in [3.05, 3.63) is 24.3 Å². The molecule has 0 radical (unpaired) electrons. The highest BCUT2D eigenvalue weighted by Gasteiger charge is 2.25. The van der Waals surface area contributed by atoms with Crippen LogP contribution in [-0.2, 0) is 10.0 Å². The average molecular weight is 269 g/mol. The van der Waals surface area contributed by atoms with Gasteiger partial charge in [-0.1, -0.05) is 12.1 Å². The van der Waals surface area contributed by atoms with Crippen LogP contribution in [0.15, 0.2) is 29.2 Å². The van der Waals surface area contributed by atoms with Crippen LogP contribution in [0.1, 0.15) is 0 Å². The summed E-state index contributed by atoms with van der Waals surface area (Å²) in [6.45, 7) is -1.43. The number of rotatable bonds is 5. The number of halogens is 3. The third-order valence-corrected chi connectivity index (χ3v) is 2.82. The predicted molar refractivity (Wildman–Crippen MR) is 54.2 cm³/mol. The zero-order valence-electron chi connectivity index (χ0n) is 8.52. The van der Waals surface area contributed by atoms with Gasteiger partial charge in [0.25, 0.3) is 6.43 Å². The monoisotopic (exact) mass is 269 g/mol. The lowest BCUT2D eigenvalue weighted by atomic mass is 10.3. The van der Waals surface area contributed by atoms with Crippen molar-refractivity contribution in [2.24, 2.45) is 5.14 Å². The molecular weight excluding hydrogens is 259 g/mol. The van der Waals surface area contributed by atoms with Crippen LogP contribution in [0.3, 0.4) is 0 Å². The Balaban J connectivity index is 3.07. The molecule has 1 unspecified atom stereocenters. The maximum absolute atomic E-state index is 12.3. The van der Waals surface area contributed by atoms with Crippen molar-refractivity contribution in [3.8, 4) is 5.75 Å². The number of alkyl halides is 3. The molecule has 0 aliphatic heterocycles. The van der Waals surface area contributed by atoms with E-state index in [1.807, 2.05) is 0 Å². The number of benzene rings is 1. The molecule has 96 valence electrons. The molecule has 0 saturated heterocycles. The van der Waals surface area contributed by atoms with E-state index in [4.69, 9.17) is 5.14 Å². The first-order valence-corrected chi connectivity index (χ1v) is 6.03. The Kier molecular flexibility index (Phi) is 4.35. The van der Waals surface area contributed by atoms with Gasteiger partial charge in [0.2, 0.25) is 10.0 Å². The summed E-state index contributed by atoms with van der Waals surface area (Å²) in [7, 11) is -4.11. The van der Waals surface area contributed by atoms with Gasteiger partial charge in [-0.05, 0) is 12.1 Å². The standard InChI is InChI=1S/C9H10F3NO3S/c10-5-7(9(11)12)16-6-3-1-2-4-8(6)17(13,14)15/h1-4,7,9H,5H2,(H2,13,14,15). The quantitative estimate of drug-likeness (QED) is 0.876. The minimum atomic E-state index is -4.11. The van der Waals surface area contributed by atoms with E-state index in [-0.39, 0.29) is 0 Å². The topological polar surface area (TPSA) is 69.4 Å². The van der Waals surface area contributed by atoms with Crippen molar-refractivity contribution in [2.45, 2.75) is 17.4 Å². The molecule has 0 aliphatic rings. The number of sulfonamides is 1. The van der Waals surface area contributed by atoms with Gasteiger partial charge in [0.1, 0.15) is 17.3 Å². The molecule has 1 aromatic carbocycles. The fraction of sp³-hybridized carbons (Fsp3) is 0.333. The van der Waals surface area contributed by atoms with Crippen LogP contribution >= 0.6 is 0 Å². The van der Waals surface area contributed by atoms with Crippen LogP contribution in [0.2, 0.25) is 0 Å². The van der Waals surface area contributed by atoms with Gasteiger partial charge >= 0.3 is 0 Å². The molecule has 0 bridgehead atoms. The van der Waals surface area contributed by atoms with Gasteiger partial charge in [-0.3, -0.25) is 0 Å². The van der Waals surface area contributed by atoms with Crippen molar-refractivity contribution in [1.82, 2.24) is 0 Å². The number of nitrogens with two attached hydrogens (primary N) is 1. The van der Waals surface area contributed by atoms with Gasteiger partial charge in [-0.25, -0.2) is 26.7 Å². The third kappa shape index (κ3) is 3.60. The first-order valence-electron chi connectivity index (χ1n) is 4.49. The Hall–Kier alpha value is -1.28. The predicted octanol–water partition coefficient (Wildman–Crippen LogP) is 1.32. The van der Waals surface area contributed by atoms with E-state index >= 15 is 0 Å². The van der Waals surface area contributed by atoms with Gasteiger partial charge < -0.3 is 4.74 Å². The lowest BCUT2D eigenvalue weighted by Crippen LogP contribution is -2.28. The second-order valence-corrected chi connectivity index (χ2v) is 4.67. The summed E-state index contributed by atoms with van der Waals surface area (Å²) < 4.78 is 63.6. The van der Waals surface area contributed by atoms with E-state index in [9.17, 15) is 21.6 Å². The van der Waals surface area contributed by atoms with Crippen molar-refractivity contribution in [3.63, 3.8) is 0 Å². The summed E-state index contributed by atoms with van der Waals surface area (Å²) >= 11 is 0. The smallest absolute Gasteiger partial charge is 0.277 e. The van der Waals surface area contributed by atoms with E-state index < -0.39 is 39.9 Å². The van der Waals surface area contributed by atoms with Crippen LogP contribution in [-0.4, -0.2) is 27.6 Å². The van der Waals surface area contributed by atoms with Gasteiger partial charge in [0, 0.05) is 0 Å². The molecule has 4 nitrogen and oxygen atoms in total. The molecule has 0 fully saturated rings. The van der Waals surface area contributed by atoms with E-state index in [0.29, 0.717) is 0 Å². The zero-order valence-corrected chi connectivity index (χ0v) is 9.33. The van der Waals surface area contributed by atoms with Crippen molar-refractivity contribution < 1.29 is 26.3 Å². The number of hydrogen-bond acceptors (Lipinski definition) is 3. The Morgan fingerprint density at radius 3 is 2.35 bits per heavy atom. The molecule has 2 N–H and O–H groups in total. The molecule has 1 aromatic rings. The molecular formula is C9H10F3NO3S. The molecule has 1 rings (SSSR count). The van der Waals surface area contributed by atoms with Crippen LogP contribution in [0.5, 0.6) is 5.75 Å². The third-order valence-electron chi connectivity index (χ3n) is 1.87. The second-order valence-electron chi connectivity index (χ2n) is 3.14. The molecule has 0 amide bonds. The molecule has 0 spiro atoms. The minimum Gasteiger partial charge on any atom is -0.480 e. The van der Waals surface area contributed by atoms with Gasteiger partial charge in [-0.15, -0.1) is 0 Å². The fourth-order valence-electron chi connectivity index (χ4n) is 1.10. The van der Waals surface area contributed by atoms with Crippen LogP contribution in [0.25, 0.3) is 0 Å². The number of ether oxygens (including phenoxy) is 1. The zero-order chi connectivity index (χ0) is 13.1. The minimum absolute atomic E-state index is 0.391. The largest absolute Gasteiger partial charge is 0.480 e. The van der Waals surface area contributed by atoms with Crippen LogP contribution < -0.4 is 9.88 Å². The number of para-hydroxylation sites is 1. The first kappa shape index (κ1) is 13.8. The van der Waals surface area contributed by atoms with Crippen LogP contribution in [0.4, 0.5) is 13.2 Å². The normalized spacial score (nSPS) is 13.7. The summed E-state index contributed by atoms with van der Waals surface area (Å²) in [5, 5.41) is 4.86. The Morgan fingerprint density at radius 1 is 1.29 bits per heavy atom. The molecule has 0 saturated carbocycles. The van der Waals surface area contributed by atoms with E-state index in [1.54, 1.807) is 0 Å². The van der Waals surface area contributed by atoms with Crippen molar-refractivity contribution in [1.29, 1.82) is 0 Å². The van der Waals surface area contributed by atoms with E-state index in [2.05, 4.69) is 4.74 Å². The fourth-order valence-corrected chi connectivity index (χ4v) is 1.76. The molecule has 1 atom stereocenters. The summed E-state index contributed by atoms with van der Waals surface area (Å²) in [6.07, 6.45) is -5.08. The Labute approximate surface area is 96.2 Å². The van der Waals surface area contributed by atoms with Crippen molar-refractivity contribution in [2.75, 3.05) is 6.67 Å². The summed E-state index contributed by atoms with van der Waals surface area (Å²) in [5.74, 6) is -0.391. The highest BCUT2D eigenvalue weighted by atomic mass is 32.2. The lowest BCUT2D eigenvalue weighted by molar-refractivity contribution is -0.00266. The van der Waals surface area contributed by atoms with Crippen molar-refractivity contribution >= 4 is 10.0 Å². The number of primary sulfonamides is 1. The average Bonchev–Trinajstić information content (AvgIpc) is 2.24. The SMILES string of the molecule is NS(=O)(=O)c1ccccc1OC(CF)C(F)F. The Bertz CT molecular complexity index is 478. The van der Waals surface area contributed by atoms with E-state index in [1.165, 1.54) is 12.1 Å². The Morgan fingerprint density at radius 2 is 1.88 bits per heavy atom. The maximum Gasteiger partial charge on any atom is 0.277 e. The molecule has 0 aliphatic carbocycles. The summed E-state index contributed by atoms with van der Waals surface area (Å²) in [6, 6.07) is 4.93.